The summed E-state index contributed by atoms with van der Waals surface area (Å²) >= 11 is 0. The van der Waals surface area contributed by atoms with Crippen LogP contribution in [-0.4, -0.2) is 34.9 Å². The molecule has 0 N–H and O–H groups in total. The van der Waals surface area contributed by atoms with Crippen LogP contribution in [0.25, 0.3) is 0 Å². The molecule has 3 rings (SSSR count). The van der Waals surface area contributed by atoms with E-state index < -0.39 is 18.3 Å². The summed E-state index contributed by atoms with van der Waals surface area (Å²) in [7, 11) is -0.490. The molecule has 0 amide bonds. The molecule has 0 bridgehead atoms. The van der Waals surface area contributed by atoms with Gasteiger partial charge in [0.05, 0.1) is 24.0 Å². The van der Waals surface area contributed by atoms with Gasteiger partial charge >= 0.3 is 7.12 Å². The fourth-order valence-corrected chi connectivity index (χ4v) is 2.43. The molecule has 1 fully saturated rings. The van der Waals surface area contributed by atoms with Gasteiger partial charge in [0.25, 0.3) is 5.88 Å². The van der Waals surface area contributed by atoms with Crippen molar-refractivity contribution in [3.63, 3.8) is 0 Å². The molecular formula is C18H23BN2O4. The van der Waals surface area contributed by atoms with E-state index in [1.807, 2.05) is 46.8 Å². The van der Waals surface area contributed by atoms with Crippen LogP contribution in [0.1, 0.15) is 34.6 Å². The number of pyridine rings is 2. The first-order chi connectivity index (χ1) is 11.8. The van der Waals surface area contributed by atoms with Crippen molar-refractivity contribution in [2.75, 3.05) is 6.61 Å². The molecule has 1 aliphatic heterocycles. The van der Waals surface area contributed by atoms with Crippen molar-refractivity contribution >= 4 is 12.6 Å². The Kier molecular flexibility index (Phi) is 4.71. The Balaban J connectivity index is 1.82. The van der Waals surface area contributed by atoms with Crippen LogP contribution in [0.3, 0.4) is 0 Å². The van der Waals surface area contributed by atoms with Crippen molar-refractivity contribution in [1.82, 2.24) is 9.97 Å². The molecular weight excluding hydrogens is 319 g/mol. The predicted octanol–water partition coefficient (Wildman–Crippen LogP) is 2.97. The third-order valence-electron chi connectivity index (χ3n) is 4.51. The molecule has 25 heavy (non-hydrogen) atoms. The highest BCUT2D eigenvalue weighted by molar-refractivity contribution is 6.62. The highest BCUT2D eigenvalue weighted by atomic mass is 16.7. The molecule has 1 aliphatic rings. The van der Waals surface area contributed by atoms with Gasteiger partial charge < -0.3 is 18.8 Å². The van der Waals surface area contributed by atoms with Gasteiger partial charge in [0.1, 0.15) is 5.75 Å². The molecule has 0 radical (unpaired) electrons. The quantitative estimate of drug-likeness (QED) is 0.779. The van der Waals surface area contributed by atoms with E-state index in [4.69, 9.17) is 18.8 Å². The Bertz CT molecular complexity index is 735. The van der Waals surface area contributed by atoms with Gasteiger partial charge in [0, 0.05) is 17.9 Å². The molecule has 132 valence electrons. The fourth-order valence-electron chi connectivity index (χ4n) is 2.43. The van der Waals surface area contributed by atoms with Crippen LogP contribution in [0, 0.1) is 0 Å². The third-order valence-corrected chi connectivity index (χ3v) is 4.51. The maximum atomic E-state index is 6.06. The minimum absolute atomic E-state index is 0.400. The van der Waals surface area contributed by atoms with E-state index in [1.54, 1.807) is 24.7 Å². The lowest BCUT2D eigenvalue weighted by molar-refractivity contribution is 0.00578. The third kappa shape index (κ3) is 3.62. The van der Waals surface area contributed by atoms with Crippen LogP contribution in [-0.2, 0) is 9.31 Å². The highest BCUT2D eigenvalue weighted by Crippen LogP contribution is 2.36. The van der Waals surface area contributed by atoms with E-state index in [2.05, 4.69) is 9.97 Å². The zero-order valence-corrected chi connectivity index (χ0v) is 15.3. The smallest absolute Gasteiger partial charge is 0.488 e. The average Bonchev–Trinajstić information content (AvgIpc) is 2.78. The van der Waals surface area contributed by atoms with Crippen molar-refractivity contribution in [2.24, 2.45) is 0 Å². The van der Waals surface area contributed by atoms with Gasteiger partial charge in [0.2, 0.25) is 0 Å². The lowest BCUT2D eigenvalue weighted by atomic mass is 9.80. The van der Waals surface area contributed by atoms with E-state index >= 15 is 0 Å². The number of ether oxygens (including phenoxy) is 2. The highest BCUT2D eigenvalue weighted by Gasteiger charge is 2.51. The van der Waals surface area contributed by atoms with E-state index in [9.17, 15) is 0 Å². The van der Waals surface area contributed by atoms with Gasteiger partial charge in [-0.2, -0.15) is 0 Å². The molecule has 2 aromatic rings. The Labute approximate surface area is 148 Å². The maximum Gasteiger partial charge on any atom is 0.496 e. The molecule has 3 heterocycles. The van der Waals surface area contributed by atoms with Gasteiger partial charge in [-0.05, 0) is 52.8 Å². The van der Waals surface area contributed by atoms with Gasteiger partial charge in [-0.15, -0.1) is 0 Å². The van der Waals surface area contributed by atoms with Gasteiger partial charge in [-0.1, -0.05) is 0 Å². The van der Waals surface area contributed by atoms with Crippen molar-refractivity contribution in [3.8, 4) is 17.4 Å². The lowest BCUT2D eigenvalue weighted by Gasteiger charge is -2.32. The molecule has 6 nitrogen and oxygen atoms in total. The largest absolute Gasteiger partial charge is 0.496 e. The van der Waals surface area contributed by atoms with Crippen molar-refractivity contribution in [2.45, 2.75) is 45.8 Å². The minimum atomic E-state index is -0.490. The molecule has 0 saturated carbocycles. The van der Waals surface area contributed by atoms with Crippen molar-refractivity contribution in [3.05, 3.63) is 36.8 Å². The number of rotatable bonds is 5. The summed E-state index contributed by atoms with van der Waals surface area (Å²) in [6.45, 7) is 10.5. The first kappa shape index (κ1) is 17.7. The minimum Gasteiger partial charge on any atom is -0.488 e. The lowest BCUT2D eigenvalue weighted by Crippen LogP contribution is -2.41. The first-order valence-corrected chi connectivity index (χ1v) is 8.38. The Morgan fingerprint density at radius 2 is 1.84 bits per heavy atom. The predicted molar refractivity (Wildman–Crippen MR) is 95.4 cm³/mol. The van der Waals surface area contributed by atoms with Crippen molar-refractivity contribution < 1.29 is 18.8 Å². The Hall–Kier alpha value is -2.12. The molecule has 1 saturated heterocycles. The molecule has 0 unspecified atom stereocenters. The zero-order chi connectivity index (χ0) is 18.1. The normalized spacial score (nSPS) is 18.2. The van der Waals surface area contributed by atoms with Crippen LogP contribution in [0.2, 0.25) is 0 Å². The molecule has 2 aromatic heterocycles. The Morgan fingerprint density at radius 3 is 2.52 bits per heavy atom. The van der Waals surface area contributed by atoms with Gasteiger partial charge in [0.15, 0.2) is 5.75 Å². The summed E-state index contributed by atoms with van der Waals surface area (Å²) in [5.74, 6) is 1.54. The summed E-state index contributed by atoms with van der Waals surface area (Å²) in [6.07, 6.45) is 5.00. The van der Waals surface area contributed by atoms with E-state index in [-0.39, 0.29) is 0 Å². The number of hydrogen-bond acceptors (Lipinski definition) is 6. The first-order valence-electron chi connectivity index (χ1n) is 8.38. The summed E-state index contributed by atoms with van der Waals surface area (Å²) in [4.78, 5) is 8.47. The molecule has 7 heteroatoms. The molecule has 0 spiro atoms. The summed E-state index contributed by atoms with van der Waals surface area (Å²) in [6, 6.07) is 5.47. The van der Waals surface area contributed by atoms with Crippen LogP contribution >= 0.6 is 0 Å². The molecule has 0 atom stereocenters. The number of nitrogens with zero attached hydrogens (tertiary/aromatic N) is 2. The maximum absolute atomic E-state index is 6.06. The monoisotopic (exact) mass is 342 g/mol. The van der Waals surface area contributed by atoms with E-state index in [0.717, 1.165) is 5.46 Å². The number of aromatic nitrogens is 2. The standard InChI is InChI=1S/C18H23BN2O4/c1-6-22-15-8-7-9-21-16(15)23-14-10-13(11-20-12-14)19-24-17(2,3)18(4,5)25-19/h7-12H,6H2,1-5H3. The summed E-state index contributed by atoms with van der Waals surface area (Å²) in [5, 5.41) is 0. The second-order valence-electron chi connectivity index (χ2n) is 6.88. The average molecular weight is 342 g/mol. The Morgan fingerprint density at radius 1 is 1.12 bits per heavy atom. The van der Waals surface area contributed by atoms with Crippen LogP contribution in [0.15, 0.2) is 36.8 Å². The van der Waals surface area contributed by atoms with E-state index in [1.165, 1.54) is 0 Å². The molecule has 0 aliphatic carbocycles. The summed E-state index contributed by atoms with van der Waals surface area (Å²) in [5.41, 5.74) is -0.0139. The number of hydrogen-bond donors (Lipinski definition) is 0. The zero-order valence-electron chi connectivity index (χ0n) is 15.3. The topological polar surface area (TPSA) is 62.7 Å². The van der Waals surface area contributed by atoms with Crippen LogP contribution in [0.4, 0.5) is 0 Å². The fraction of sp³-hybridized carbons (Fsp3) is 0.444. The molecule has 0 aromatic carbocycles. The SMILES string of the molecule is CCOc1cccnc1Oc1cncc(B2OC(C)(C)C(C)(C)O2)c1. The van der Waals surface area contributed by atoms with Gasteiger partial charge in [-0.3, -0.25) is 4.98 Å². The second-order valence-corrected chi connectivity index (χ2v) is 6.88. The summed E-state index contributed by atoms with van der Waals surface area (Å²) < 4.78 is 23.5. The van der Waals surface area contributed by atoms with Crippen molar-refractivity contribution in [1.29, 1.82) is 0 Å². The van der Waals surface area contributed by atoms with Crippen LogP contribution < -0.4 is 14.9 Å². The van der Waals surface area contributed by atoms with Crippen LogP contribution in [0.5, 0.6) is 17.4 Å². The second kappa shape index (κ2) is 6.65. The van der Waals surface area contributed by atoms with Gasteiger partial charge in [-0.25, -0.2) is 4.98 Å². The van der Waals surface area contributed by atoms with E-state index in [0.29, 0.717) is 24.0 Å².